The molecule has 1 aromatic carbocycles. The number of piperazine rings is 1. The number of para-hydroxylation sites is 1. The van der Waals surface area contributed by atoms with Crippen molar-refractivity contribution in [1.29, 1.82) is 0 Å². The first kappa shape index (κ1) is 12.9. The topological polar surface area (TPSA) is 48.1 Å². The molecule has 0 radical (unpaired) electrons. The maximum absolute atomic E-state index is 11.6. The van der Waals surface area contributed by atoms with Gasteiger partial charge < -0.3 is 15.2 Å². The first-order valence-electron chi connectivity index (χ1n) is 5.92. The molecule has 2 aromatic rings. The largest absolute Gasteiger partial charge is 0.368 e. The van der Waals surface area contributed by atoms with Gasteiger partial charge in [-0.1, -0.05) is 18.2 Å². The number of hydrogen-bond donors (Lipinski definition) is 2. The average Bonchev–Trinajstić information content (AvgIpc) is 2.39. The molecule has 0 saturated carbocycles. The van der Waals surface area contributed by atoms with Crippen molar-refractivity contribution in [2.45, 2.75) is 0 Å². The van der Waals surface area contributed by atoms with Gasteiger partial charge in [-0.2, -0.15) is 0 Å². The molecule has 0 aliphatic carbocycles. The number of halogens is 1. The molecular formula is C13H16ClN3O. The normalized spacial score (nSPS) is 15.4. The molecule has 1 fully saturated rings. The van der Waals surface area contributed by atoms with E-state index in [1.165, 1.54) is 0 Å². The number of aromatic nitrogens is 1. The molecule has 2 heterocycles. The Kier molecular flexibility index (Phi) is 3.89. The van der Waals surface area contributed by atoms with Crippen LogP contribution in [-0.2, 0) is 0 Å². The quantitative estimate of drug-likeness (QED) is 0.819. The van der Waals surface area contributed by atoms with E-state index in [2.05, 4.69) is 21.3 Å². The number of rotatable bonds is 1. The lowest BCUT2D eigenvalue weighted by atomic mass is 10.1. The summed E-state index contributed by atoms with van der Waals surface area (Å²) in [7, 11) is 0. The molecule has 5 heteroatoms. The lowest BCUT2D eigenvalue weighted by Gasteiger charge is -2.30. The van der Waals surface area contributed by atoms with Crippen LogP contribution in [0.2, 0.25) is 0 Å². The second-order valence-corrected chi connectivity index (χ2v) is 4.30. The highest BCUT2D eigenvalue weighted by Crippen LogP contribution is 2.23. The van der Waals surface area contributed by atoms with Gasteiger partial charge in [0.15, 0.2) is 0 Å². The van der Waals surface area contributed by atoms with Crippen LogP contribution in [0.1, 0.15) is 0 Å². The number of hydrogen-bond acceptors (Lipinski definition) is 3. The molecule has 3 rings (SSSR count). The van der Waals surface area contributed by atoms with Crippen LogP contribution in [0.3, 0.4) is 0 Å². The SMILES string of the molecule is Cl.O=c1cc(N2CCNCC2)c2ccccc2[nH]1. The molecule has 1 saturated heterocycles. The number of aromatic amines is 1. The molecule has 2 N–H and O–H groups in total. The Morgan fingerprint density at radius 1 is 1.11 bits per heavy atom. The van der Waals surface area contributed by atoms with Crippen LogP contribution in [0.15, 0.2) is 35.1 Å². The molecule has 0 bridgehead atoms. The summed E-state index contributed by atoms with van der Waals surface area (Å²) >= 11 is 0. The standard InChI is InChI=1S/C13H15N3O.ClH/c17-13-9-12(16-7-5-14-6-8-16)10-3-1-2-4-11(10)15-13;/h1-4,9,14H,5-8H2,(H,15,17);1H. The van der Waals surface area contributed by atoms with Crippen molar-refractivity contribution in [2.75, 3.05) is 31.1 Å². The predicted octanol–water partition coefficient (Wildman–Crippen LogP) is 1.36. The zero-order valence-corrected chi connectivity index (χ0v) is 10.8. The Labute approximate surface area is 111 Å². The summed E-state index contributed by atoms with van der Waals surface area (Å²) < 4.78 is 0. The van der Waals surface area contributed by atoms with Crippen LogP contribution in [0.25, 0.3) is 10.9 Å². The minimum Gasteiger partial charge on any atom is -0.368 e. The minimum atomic E-state index is -0.0303. The van der Waals surface area contributed by atoms with Crippen molar-refractivity contribution in [1.82, 2.24) is 10.3 Å². The van der Waals surface area contributed by atoms with Gasteiger partial charge in [0.2, 0.25) is 5.56 Å². The summed E-state index contributed by atoms with van der Waals surface area (Å²) in [6.45, 7) is 3.85. The zero-order chi connectivity index (χ0) is 11.7. The van der Waals surface area contributed by atoms with Gasteiger partial charge in [-0.05, 0) is 6.07 Å². The van der Waals surface area contributed by atoms with E-state index < -0.39 is 0 Å². The van der Waals surface area contributed by atoms with E-state index in [1.54, 1.807) is 6.07 Å². The van der Waals surface area contributed by atoms with Crippen molar-refractivity contribution in [3.8, 4) is 0 Å². The third-order valence-electron chi connectivity index (χ3n) is 3.19. The van der Waals surface area contributed by atoms with E-state index in [0.29, 0.717) is 0 Å². The van der Waals surface area contributed by atoms with Gasteiger partial charge in [-0.15, -0.1) is 12.4 Å². The number of H-pyrrole nitrogens is 1. The fraction of sp³-hybridized carbons (Fsp3) is 0.308. The third kappa shape index (κ3) is 2.35. The Balaban J connectivity index is 0.00000120. The second kappa shape index (κ2) is 5.42. The molecule has 96 valence electrons. The van der Waals surface area contributed by atoms with Crippen molar-refractivity contribution in [3.05, 3.63) is 40.7 Å². The van der Waals surface area contributed by atoms with Crippen molar-refractivity contribution < 1.29 is 0 Å². The maximum atomic E-state index is 11.6. The molecule has 4 nitrogen and oxygen atoms in total. The highest BCUT2D eigenvalue weighted by atomic mass is 35.5. The number of pyridine rings is 1. The summed E-state index contributed by atoms with van der Waals surface area (Å²) in [5.74, 6) is 0. The Morgan fingerprint density at radius 2 is 1.83 bits per heavy atom. The predicted molar refractivity (Wildman–Crippen MR) is 76.9 cm³/mol. The van der Waals surface area contributed by atoms with Crippen LogP contribution in [0.4, 0.5) is 5.69 Å². The molecule has 1 aromatic heterocycles. The summed E-state index contributed by atoms with van der Waals surface area (Å²) in [5, 5.41) is 4.44. The smallest absolute Gasteiger partial charge is 0.250 e. The number of anilines is 1. The van der Waals surface area contributed by atoms with E-state index in [4.69, 9.17) is 0 Å². The molecule has 0 unspecified atom stereocenters. The Hall–Kier alpha value is -1.52. The van der Waals surface area contributed by atoms with Crippen molar-refractivity contribution in [2.24, 2.45) is 0 Å². The van der Waals surface area contributed by atoms with Crippen LogP contribution in [0, 0.1) is 0 Å². The Morgan fingerprint density at radius 3 is 2.61 bits per heavy atom. The summed E-state index contributed by atoms with van der Waals surface area (Å²) in [6, 6.07) is 9.66. The van der Waals surface area contributed by atoms with E-state index >= 15 is 0 Å². The van der Waals surface area contributed by atoms with Gasteiger partial charge in [0, 0.05) is 37.6 Å². The van der Waals surface area contributed by atoms with Crippen LogP contribution < -0.4 is 15.8 Å². The van der Waals surface area contributed by atoms with Gasteiger partial charge in [-0.3, -0.25) is 4.79 Å². The first-order valence-corrected chi connectivity index (χ1v) is 5.92. The van der Waals surface area contributed by atoms with Gasteiger partial charge in [-0.25, -0.2) is 0 Å². The highest BCUT2D eigenvalue weighted by Gasteiger charge is 2.13. The summed E-state index contributed by atoms with van der Waals surface area (Å²) in [5.41, 5.74) is 1.93. The molecule has 0 amide bonds. The monoisotopic (exact) mass is 265 g/mol. The van der Waals surface area contributed by atoms with Gasteiger partial charge in [0.05, 0.1) is 11.2 Å². The summed E-state index contributed by atoms with van der Waals surface area (Å²) in [4.78, 5) is 16.8. The number of benzene rings is 1. The average molecular weight is 266 g/mol. The van der Waals surface area contributed by atoms with E-state index in [0.717, 1.165) is 42.8 Å². The fourth-order valence-corrected chi connectivity index (χ4v) is 2.35. The lowest BCUT2D eigenvalue weighted by Crippen LogP contribution is -2.43. The number of nitrogens with one attached hydrogen (secondary N) is 2. The molecule has 18 heavy (non-hydrogen) atoms. The fourth-order valence-electron chi connectivity index (χ4n) is 2.35. The summed E-state index contributed by atoms with van der Waals surface area (Å²) in [6.07, 6.45) is 0. The van der Waals surface area contributed by atoms with Crippen molar-refractivity contribution >= 4 is 29.0 Å². The van der Waals surface area contributed by atoms with Crippen LogP contribution in [-0.4, -0.2) is 31.2 Å². The van der Waals surface area contributed by atoms with Gasteiger partial charge >= 0.3 is 0 Å². The highest BCUT2D eigenvalue weighted by molar-refractivity contribution is 5.91. The molecule has 0 atom stereocenters. The Bertz CT molecular complexity index is 590. The van der Waals surface area contributed by atoms with Crippen molar-refractivity contribution in [3.63, 3.8) is 0 Å². The molecular weight excluding hydrogens is 250 g/mol. The second-order valence-electron chi connectivity index (χ2n) is 4.30. The molecule has 1 aliphatic rings. The zero-order valence-electron chi connectivity index (χ0n) is 9.98. The maximum Gasteiger partial charge on any atom is 0.250 e. The van der Waals surface area contributed by atoms with Gasteiger partial charge in [0.25, 0.3) is 0 Å². The first-order chi connectivity index (χ1) is 8.34. The molecule has 1 aliphatic heterocycles. The van der Waals surface area contributed by atoms with Crippen LogP contribution >= 0.6 is 12.4 Å². The van der Waals surface area contributed by atoms with Gasteiger partial charge in [0.1, 0.15) is 0 Å². The minimum absolute atomic E-state index is 0. The number of nitrogens with zero attached hydrogens (tertiary/aromatic N) is 1. The number of fused-ring (bicyclic) bond motifs is 1. The van der Waals surface area contributed by atoms with Crippen LogP contribution in [0.5, 0.6) is 0 Å². The van der Waals surface area contributed by atoms with E-state index in [1.807, 2.05) is 18.2 Å². The van der Waals surface area contributed by atoms with E-state index in [-0.39, 0.29) is 18.0 Å². The lowest BCUT2D eigenvalue weighted by molar-refractivity contribution is 0.590. The third-order valence-corrected chi connectivity index (χ3v) is 3.19. The van der Waals surface area contributed by atoms with E-state index in [9.17, 15) is 4.79 Å². The molecule has 0 spiro atoms.